The van der Waals surface area contributed by atoms with Crippen molar-refractivity contribution in [2.24, 2.45) is 56.7 Å². The minimum Gasteiger partial charge on any atom is -0.393 e. The molecule has 180 valence electrons. The highest BCUT2D eigenvalue weighted by Gasteiger charge is 2.82. The molecule has 0 unspecified atom stereocenters. The Balaban J connectivity index is 1.24. The van der Waals surface area contributed by atoms with Crippen LogP contribution in [0.5, 0.6) is 0 Å². The van der Waals surface area contributed by atoms with E-state index < -0.39 is 0 Å². The lowest BCUT2D eigenvalue weighted by atomic mass is 9.41. The molecule has 6 saturated carbocycles. The fourth-order valence-electron chi connectivity index (χ4n) is 11.6. The average Bonchev–Trinajstić information content (AvgIpc) is 3.65. The lowest BCUT2D eigenvalue weighted by Crippen LogP contribution is -2.57. The molecule has 6 fully saturated rings. The minimum atomic E-state index is -0.0844. The van der Waals surface area contributed by atoms with Gasteiger partial charge in [-0.15, -0.1) is 0 Å². The van der Waals surface area contributed by atoms with Gasteiger partial charge in [-0.1, -0.05) is 46.8 Å². The summed E-state index contributed by atoms with van der Waals surface area (Å²) < 4.78 is 0. The van der Waals surface area contributed by atoms with Crippen LogP contribution in [0.4, 0.5) is 0 Å². The summed E-state index contributed by atoms with van der Waals surface area (Å²) in [7, 11) is 0. The molecule has 0 aromatic heterocycles. The van der Waals surface area contributed by atoms with Crippen molar-refractivity contribution in [1.29, 1.82) is 0 Å². The normalized spacial score (nSPS) is 54.1. The van der Waals surface area contributed by atoms with Gasteiger partial charge in [-0.25, -0.2) is 0 Å². The molecule has 0 heterocycles. The Kier molecular flexibility index (Phi) is 4.63. The molecule has 6 aliphatic carbocycles. The predicted molar refractivity (Wildman–Crippen MR) is 133 cm³/mol. The molecule has 0 bridgehead atoms. The van der Waals surface area contributed by atoms with E-state index in [-0.39, 0.29) is 11.5 Å². The monoisotopic (exact) mass is 438 g/mol. The van der Waals surface area contributed by atoms with Crippen LogP contribution < -0.4 is 0 Å². The third kappa shape index (κ3) is 2.56. The highest BCUT2D eigenvalue weighted by Crippen LogP contribution is 2.89. The lowest BCUT2D eigenvalue weighted by molar-refractivity contribution is -0.161. The van der Waals surface area contributed by atoms with Gasteiger partial charge in [0.05, 0.1) is 6.10 Å². The Bertz CT molecular complexity index is 807. The quantitative estimate of drug-likeness (QED) is 0.429. The molecule has 6 aliphatic rings. The Morgan fingerprint density at radius 1 is 0.844 bits per heavy atom. The third-order valence-electron chi connectivity index (χ3n) is 13.9. The summed E-state index contributed by atoms with van der Waals surface area (Å²) in [6, 6.07) is 0. The maximum Gasteiger partial charge on any atom is 0.0594 e. The van der Waals surface area contributed by atoms with Gasteiger partial charge in [-0.3, -0.25) is 0 Å². The summed E-state index contributed by atoms with van der Waals surface area (Å²) in [4.78, 5) is 0. The molecule has 6 rings (SSSR count). The van der Waals surface area contributed by atoms with Crippen molar-refractivity contribution in [3.05, 3.63) is 12.2 Å². The number of allylic oxidation sites excluding steroid dienone is 1. The summed E-state index contributed by atoms with van der Waals surface area (Å²) in [6.07, 6.45) is 18.0. The topological polar surface area (TPSA) is 20.2 Å². The fraction of sp³-hybridized carbons (Fsp3) is 0.935. The number of hydrogen-bond acceptors (Lipinski definition) is 1. The van der Waals surface area contributed by atoms with Crippen LogP contribution in [0.2, 0.25) is 0 Å². The van der Waals surface area contributed by atoms with Gasteiger partial charge in [-0.05, 0) is 140 Å². The zero-order valence-corrected chi connectivity index (χ0v) is 21.8. The highest BCUT2D eigenvalue weighted by molar-refractivity contribution is 5.30. The summed E-state index contributed by atoms with van der Waals surface area (Å²) in [5.74, 6) is 4.33. The largest absolute Gasteiger partial charge is 0.393 e. The highest BCUT2D eigenvalue weighted by atomic mass is 16.3. The average molecular weight is 439 g/mol. The van der Waals surface area contributed by atoms with Crippen molar-refractivity contribution < 1.29 is 5.11 Å². The minimum absolute atomic E-state index is 0.0844. The number of aliphatic hydroxyl groups excluding tert-OH is 1. The first-order valence-electron chi connectivity index (χ1n) is 14.4. The molecule has 32 heavy (non-hydrogen) atoms. The third-order valence-corrected chi connectivity index (χ3v) is 13.9. The first kappa shape index (κ1) is 22.2. The van der Waals surface area contributed by atoms with Gasteiger partial charge in [0.15, 0.2) is 0 Å². The maximum atomic E-state index is 10.9. The van der Waals surface area contributed by atoms with Crippen molar-refractivity contribution in [3.63, 3.8) is 0 Å². The molecule has 0 radical (unpaired) electrons. The van der Waals surface area contributed by atoms with Gasteiger partial charge < -0.3 is 5.11 Å². The van der Waals surface area contributed by atoms with Crippen LogP contribution in [-0.2, 0) is 0 Å². The second-order valence-electron chi connectivity index (χ2n) is 15.0. The Morgan fingerprint density at radius 2 is 1.53 bits per heavy atom. The molecule has 0 saturated heterocycles. The van der Waals surface area contributed by atoms with Gasteiger partial charge in [0.2, 0.25) is 0 Å². The van der Waals surface area contributed by atoms with E-state index in [1.807, 2.05) is 0 Å². The van der Waals surface area contributed by atoms with Crippen LogP contribution in [0.25, 0.3) is 0 Å². The van der Waals surface area contributed by atoms with Crippen molar-refractivity contribution in [1.82, 2.24) is 0 Å². The summed E-state index contributed by atoms with van der Waals surface area (Å²) >= 11 is 0. The van der Waals surface area contributed by atoms with Crippen molar-refractivity contribution in [2.45, 2.75) is 124 Å². The van der Waals surface area contributed by atoms with Crippen molar-refractivity contribution in [3.8, 4) is 0 Å². The second-order valence-corrected chi connectivity index (χ2v) is 15.0. The van der Waals surface area contributed by atoms with Crippen LogP contribution in [0, 0.1) is 56.7 Å². The predicted octanol–water partition coefficient (Wildman–Crippen LogP) is 8.17. The van der Waals surface area contributed by atoms with Gasteiger partial charge in [0.1, 0.15) is 0 Å². The Morgan fingerprint density at radius 3 is 2.25 bits per heavy atom. The van der Waals surface area contributed by atoms with Crippen molar-refractivity contribution in [2.75, 3.05) is 0 Å². The van der Waals surface area contributed by atoms with E-state index >= 15 is 0 Å². The SMILES string of the molecule is C=C(CC[C@@H](C)[C@H]1CC[C@@]2(C)[C@@H]3CC[C@H]4C(C)(C)[C@@H](O)CC[C@@]45C[C@@]35CC[C@]12C)C1CC1. The van der Waals surface area contributed by atoms with Crippen LogP contribution in [0.1, 0.15) is 118 Å². The van der Waals surface area contributed by atoms with E-state index in [2.05, 4.69) is 41.2 Å². The smallest absolute Gasteiger partial charge is 0.0594 e. The zero-order valence-electron chi connectivity index (χ0n) is 21.8. The molecule has 9 atom stereocenters. The first-order valence-corrected chi connectivity index (χ1v) is 14.4. The number of fused-ring (bicyclic) bond motifs is 2. The van der Waals surface area contributed by atoms with Crippen LogP contribution in [0.15, 0.2) is 12.2 Å². The summed E-state index contributed by atoms with van der Waals surface area (Å²) in [6.45, 7) is 17.3. The molecular formula is C31H50O. The van der Waals surface area contributed by atoms with Crippen LogP contribution >= 0.6 is 0 Å². The second kappa shape index (κ2) is 6.67. The van der Waals surface area contributed by atoms with E-state index in [0.29, 0.717) is 21.7 Å². The molecular weight excluding hydrogens is 388 g/mol. The zero-order chi connectivity index (χ0) is 22.7. The van der Waals surface area contributed by atoms with Gasteiger partial charge in [-0.2, -0.15) is 0 Å². The van der Waals surface area contributed by atoms with Crippen LogP contribution in [0.3, 0.4) is 0 Å². The fourth-order valence-corrected chi connectivity index (χ4v) is 11.6. The standard InChI is InChI=1S/C31H50O/c1-20(22-9-10-22)7-8-21(2)23-13-15-29(6)25-12-11-24-27(3,4)26(32)14-16-30(24)19-31(25,30)18-17-28(23,29)5/h21-26,32H,1,7-19H2,2-6H3/t21-,23-,24+,25+,26+,28-,29+,30-,31+/m1/s1. The number of aliphatic hydroxyl groups is 1. The molecule has 0 aliphatic heterocycles. The maximum absolute atomic E-state index is 10.9. The van der Waals surface area contributed by atoms with Gasteiger partial charge in [0, 0.05) is 0 Å². The van der Waals surface area contributed by atoms with Gasteiger partial charge >= 0.3 is 0 Å². The molecule has 0 amide bonds. The first-order chi connectivity index (χ1) is 15.0. The molecule has 1 heteroatoms. The molecule has 0 aromatic carbocycles. The molecule has 1 nitrogen and oxygen atoms in total. The lowest BCUT2D eigenvalue weighted by Gasteiger charge is -2.63. The Labute approximate surface area is 198 Å². The molecule has 1 N–H and O–H groups in total. The van der Waals surface area contributed by atoms with E-state index in [0.717, 1.165) is 36.0 Å². The van der Waals surface area contributed by atoms with E-state index in [1.54, 1.807) is 5.57 Å². The number of rotatable bonds is 5. The van der Waals surface area contributed by atoms with Crippen LogP contribution in [-0.4, -0.2) is 11.2 Å². The van der Waals surface area contributed by atoms with Gasteiger partial charge in [0.25, 0.3) is 0 Å². The number of hydrogen-bond donors (Lipinski definition) is 1. The van der Waals surface area contributed by atoms with E-state index in [9.17, 15) is 5.11 Å². The van der Waals surface area contributed by atoms with E-state index in [4.69, 9.17) is 0 Å². The molecule has 0 aromatic rings. The summed E-state index contributed by atoms with van der Waals surface area (Å²) in [5, 5.41) is 10.9. The Hall–Kier alpha value is -0.300. The van der Waals surface area contributed by atoms with Crippen molar-refractivity contribution >= 4 is 0 Å². The summed E-state index contributed by atoms with van der Waals surface area (Å²) in [5.41, 5.74) is 3.95. The van der Waals surface area contributed by atoms with E-state index in [1.165, 1.54) is 77.0 Å². The molecule has 2 spiro atoms.